The molecule has 3 rings (SSSR count). The van der Waals surface area contributed by atoms with Crippen LogP contribution >= 0.6 is 0 Å². The molecule has 0 unspecified atom stereocenters. The highest BCUT2D eigenvalue weighted by atomic mass is 16.5. The molecule has 2 heterocycles. The summed E-state index contributed by atoms with van der Waals surface area (Å²) in [7, 11) is 0. The van der Waals surface area contributed by atoms with Crippen LogP contribution in [0.4, 0.5) is 0 Å². The van der Waals surface area contributed by atoms with Crippen molar-refractivity contribution in [2.45, 2.75) is 63.8 Å². The number of nitrogens with zero attached hydrogens (tertiary/aromatic N) is 3. The Balaban J connectivity index is 1.55. The lowest BCUT2D eigenvalue weighted by Crippen LogP contribution is -2.50. The number of rotatable bonds is 9. The molecule has 4 atom stereocenters. The minimum absolute atomic E-state index is 0.0785. The van der Waals surface area contributed by atoms with Crippen molar-refractivity contribution < 1.29 is 18.4 Å². The molecule has 0 spiro atoms. The van der Waals surface area contributed by atoms with Gasteiger partial charge in [-0.15, -0.1) is 10.2 Å². The second-order valence-corrected chi connectivity index (χ2v) is 7.42. The van der Waals surface area contributed by atoms with Gasteiger partial charge in [0, 0.05) is 15.6 Å². The minimum Gasteiger partial charge on any atom is -0.465 e. The number of hydrogen-bond donors (Lipinski definition) is 3. The number of piperidine rings is 1. The molecule has 2 fully saturated rings. The molecule has 150 valence electrons. The summed E-state index contributed by atoms with van der Waals surface area (Å²) in [6.07, 6.45) is 5.36. The number of unbranched alkanes of at least 4 members (excludes halogenated alkanes) is 1. The molecule has 1 saturated carbocycles. The fraction of sp³-hybridized carbons (Fsp3) is 0.833. The van der Waals surface area contributed by atoms with Gasteiger partial charge in [0.05, 0.1) is 7.98 Å². The van der Waals surface area contributed by atoms with Crippen molar-refractivity contribution in [2.75, 3.05) is 13.1 Å². The molecule has 0 radical (unpaired) electrons. The molecule has 2 aliphatic rings. The molecule has 0 aromatic carbocycles. The van der Waals surface area contributed by atoms with Crippen LogP contribution in [0.1, 0.15) is 61.3 Å². The zero-order valence-corrected chi connectivity index (χ0v) is 15.4. The minimum atomic E-state index is -1.82. The van der Waals surface area contributed by atoms with Crippen LogP contribution in [0.25, 0.3) is 0 Å². The fourth-order valence-corrected chi connectivity index (χ4v) is 3.94. The van der Waals surface area contributed by atoms with Crippen molar-refractivity contribution in [3.8, 4) is 0 Å². The first-order chi connectivity index (χ1) is 14.2. The summed E-state index contributed by atoms with van der Waals surface area (Å²) in [6.45, 7) is -1.73. The van der Waals surface area contributed by atoms with Crippen molar-refractivity contribution >= 4 is 11.9 Å². The van der Waals surface area contributed by atoms with E-state index >= 15 is 0 Å². The Labute approximate surface area is 163 Å². The average Bonchev–Trinajstić information content (AvgIpc) is 3.18. The van der Waals surface area contributed by atoms with Crippen molar-refractivity contribution in [2.24, 2.45) is 23.5 Å². The van der Waals surface area contributed by atoms with Crippen molar-refractivity contribution in [3.63, 3.8) is 0 Å². The molecule has 9 nitrogen and oxygen atoms in total. The van der Waals surface area contributed by atoms with Gasteiger partial charge in [-0.05, 0) is 62.8 Å². The number of carbonyl (C=O) groups excluding carboxylic acids is 2. The van der Waals surface area contributed by atoms with Gasteiger partial charge in [-0.3, -0.25) is 9.59 Å². The number of aromatic nitrogens is 4. The molecule has 4 N–H and O–H groups in total. The van der Waals surface area contributed by atoms with Gasteiger partial charge < -0.3 is 15.8 Å². The highest BCUT2D eigenvalue weighted by Crippen LogP contribution is 2.40. The molecular formula is C18H30N6O3. The van der Waals surface area contributed by atoms with Gasteiger partial charge in [0.25, 0.3) is 0 Å². The number of esters is 1. The van der Waals surface area contributed by atoms with Crippen LogP contribution in [0.5, 0.6) is 0 Å². The number of primary amides is 1. The van der Waals surface area contributed by atoms with Crippen LogP contribution in [-0.2, 0) is 20.7 Å². The Morgan fingerprint density at radius 2 is 2.19 bits per heavy atom. The van der Waals surface area contributed by atoms with Crippen molar-refractivity contribution in [3.05, 3.63) is 5.82 Å². The van der Waals surface area contributed by atoms with Crippen LogP contribution < -0.4 is 11.1 Å². The first-order valence-electron chi connectivity index (χ1n) is 11.2. The van der Waals surface area contributed by atoms with Crippen molar-refractivity contribution in [1.82, 2.24) is 25.9 Å². The molecule has 1 aliphatic carbocycles. The van der Waals surface area contributed by atoms with E-state index in [4.69, 9.17) is 14.6 Å². The molecule has 0 bridgehead atoms. The van der Waals surface area contributed by atoms with Gasteiger partial charge in [-0.2, -0.15) is 5.21 Å². The predicted octanol–water partition coefficient (Wildman–Crippen LogP) is 0.726. The zero-order chi connectivity index (χ0) is 21.8. The van der Waals surface area contributed by atoms with Crippen LogP contribution in [0.2, 0.25) is 0 Å². The molecule has 1 aliphatic heterocycles. The number of carbonyl (C=O) groups is 2. The maximum Gasteiger partial charge on any atom is 0.323 e. The van der Waals surface area contributed by atoms with E-state index in [-0.39, 0.29) is 31.3 Å². The summed E-state index contributed by atoms with van der Waals surface area (Å²) < 4.78 is 30.7. The van der Waals surface area contributed by atoms with Crippen molar-refractivity contribution in [1.29, 1.82) is 0 Å². The molecule has 1 aromatic rings. The largest absolute Gasteiger partial charge is 0.465 e. The predicted molar refractivity (Wildman–Crippen MR) is 97.2 cm³/mol. The molecule has 1 saturated heterocycles. The number of nitrogens with one attached hydrogen (secondary N) is 2. The lowest BCUT2D eigenvalue weighted by Gasteiger charge is -2.42. The average molecular weight is 381 g/mol. The summed E-state index contributed by atoms with van der Waals surface area (Å²) in [6, 6.07) is -1.82. The lowest BCUT2D eigenvalue weighted by molar-refractivity contribution is -0.148. The van der Waals surface area contributed by atoms with Gasteiger partial charge in [-0.1, -0.05) is 11.6 Å². The molecule has 27 heavy (non-hydrogen) atoms. The number of amides is 1. The topological polar surface area (TPSA) is 136 Å². The fourth-order valence-electron chi connectivity index (χ4n) is 3.94. The smallest absolute Gasteiger partial charge is 0.323 e. The molecule has 1 amide bonds. The van der Waals surface area contributed by atoms with E-state index in [0.717, 1.165) is 19.3 Å². The molecular weight excluding hydrogens is 348 g/mol. The third kappa shape index (κ3) is 5.98. The summed E-state index contributed by atoms with van der Waals surface area (Å²) in [5.41, 5.74) is 5.08. The number of H-pyrrole nitrogens is 1. The Morgan fingerprint density at radius 3 is 2.96 bits per heavy atom. The Hall–Kier alpha value is -2.03. The van der Waals surface area contributed by atoms with Crippen LogP contribution in [0.3, 0.4) is 0 Å². The number of aryl methyl sites for hydroxylation is 1. The summed E-state index contributed by atoms with van der Waals surface area (Å²) in [5.74, 6) is -0.457. The van der Waals surface area contributed by atoms with E-state index in [1.54, 1.807) is 0 Å². The summed E-state index contributed by atoms with van der Waals surface area (Å²) >= 11 is 0. The van der Waals surface area contributed by atoms with E-state index in [1.807, 2.05) is 0 Å². The van der Waals surface area contributed by atoms with Crippen LogP contribution in [-0.4, -0.2) is 51.6 Å². The lowest BCUT2D eigenvalue weighted by atomic mass is 9.69. The zero-order valence-electron chi connectivity index (χ0n) is 18.4. The number of ether oxygens (including phenoxy) is 1. The Morgan fingerprint density at radius 1 is 1.30 bits per heavy atom. The van der Waals surface area contributed by atoms with E-state index in [9.17, 15) is 9.59 Å². The SMILES string of the molecule is [2H]C1([2H])N[C@]([2H])(C(=O)OCCCCC(N)=O)C[C@H]2C[C@@H](CCc3nn[nH]n3)CC[C@H]21. The first-order valence-corrected chi connectivity index (χ1v) is 9.67. The second-order valence-electron chi connectivity index (χ2n) is 7.42. The Kier molecular flexibility index (Phi) is 5.78. The summed E-state index contributed by atoms with van der Waals surface area (Å²) in [4.78, 5) is 23.3. The number of tetrazole rings is 1. The first kappa shape index (κ1) is 16.0. The van der Waals surface area contributed by atoms with Gasteiger partial charge >= 0.3 is 5.97 Å². The van der Waals surface area contributed by atoms with E-state index in [1.165, 1.54) is 0 Å². The maximum absolute atomic E-state index is 12.6. The monoisotopic (exact) mass is 381 g/mol. The third-order valence-electron chi connectivity index (χ3n) is 5.43. The standard InChI is InChI=1S/C18H30N6O3/c19-16(25)3-1-2-8-27-18(26)15-10-14-9-12(4-6-13(14)11-20-15)5-7-17-21-23-24-22-17/h12-15,20H,1-11H2,(H2,19,25)(H,21,22,23,24)/t12-,13+,14-,15+/m1/s1/i11D2,15D. The number of hydrogen-bond acceptors (Lipinski definition) is 7. The van der Waals surface area contributed by atoms with E-state index in [0.29, 0.717) is 37.4 Å². The van der Waals surface area contributed by atoms with Gasteiger partial charge in [0.15, 0.2) is 5.82 Å². The van der Waals surface area contributed by atoms with E-state index < -0.39 is 24.4 Å². The highest BCUT2D eigenvalue weighted by Gasteiger charge is 2.38. The van der Waals surface area contributed by atoms with Gasteiger partial charge in [0.2, 0.25) is 5.91 Å². The quantitative estimate of drug-likeness (QED) is 0.423. The number of nitrogens with two attached hydrogens (primary N) is 1. The third-order valence-corrected chi connectivity index (χ3v) is 5.43. The Bertz CT molecular complexity index is 735. The summed E-state index contributed by atoms with van der Waals surface area (Å²) in [5, 5.41) is 16.6. The normalized spacial score (nSPS) is 33.9. The van der Waals surface area contributed by atoms with Gasteiger partial charge in [0.1, 0.15) is 6.02 Å². The van der Waals surface area contributed by atoms with Crippen LogP contribution in [0, 0.1) is 17.8 Å². The van der Waals surface area contributed by atoms with Crippen LogP contribution in [0.15, 0.2) is 0 Å². The number of aromatic amines is 1. The number of fused-ring (bicyclic) bond motifs is 1. The molecule has 9 heteroatoms. The molecule has 1 aromatic heterocycles. The highest BCUT2D eigenvalue weighted by molar-refractivity contribution is 5.76. The van der Waals surface area contributed by atoms with E-state index in [2.05, 4.69) is 25.9 Å². The maximum atomic E-state index is 12.6. The second kappa shape index (κ2) is 9.77. The van der Waals surface area contributed by atoms with Gasteiger partial charge in [-0.25, -0.2) is 0 Å².